The van der Waals surface area contributed by atoms with Crippen LogP contribution in [0.2, 0.25) is 0 Å². The zero-order valence-electron chi connectivity index (χ0n) is 10.3. The molecule has 0 aliphatic heterocycles. The number of nitrogens with one attached hydrogen (secondary N) is 1. The fourth-order valence-corrected chi connectivity index (χ4v) is 4.92. The fraction of sp³-hybridized carbons (Fsp3) is 0.923. The molecule has 0 unspecified atom stereocenters. The second kappa shape index (κ2) is 4.25. The molecule has 3 N–H and O–H groups in total. The Kier molecular flexibility index (Phi) is 2.87. The van der Waals surface area contributed by atoms with Gasteiger partial charge in [-0.2, -0.15) is 0 Å². The van der Waals surface area contributed by atoms with Crippen molar-refractivity contribution in [3.8, 4) is 0 Å². The van der Waals surface area contributed by atoms with Crippen LogP contribution in [-0.2, 0) is 9.63 Å². The van der Waals surface area contributed by atoms with Gasteiger partial charge in [0.1, 0.15) is 6.61 Å². The highest BCUT2D eigenvalue weighted by Crippen LogP contribution is 2.59. The molecule has 0 aromatic heterocycles. The summed E-state index contributed by atoms with van der Waals surface area (Å²) in [6.07, 6.45) is 8.30. The Bertz CT molecular complexity index is 281. The van der Waals surface area contributed by atoms with Crippen LogP contribution < -0.4 is 11.2 Å². The number of carbonyl (C=O) groups excluding carboxylic acids is 1. The lowest BCUT2D eigenvalue weighted by atomic mass is 9.49. The van der Waals surface area contributed by atoms with Crippen molar-refractivity contribution in [3.05, 3.63) is 0 Å². The topological polar surface area (TPSA) is 64.3 Å². The Morgan fingerprint density at radius 1 is 1.18 bits per heavy atom. The molecule has 4 rings (SSSR count). The largest absolute Gasteiger partial charge is 0.353 e. The summed E-state index contributed by atoms with van der Waals surface area (Å²) < 4.78 is 0. The number of hydrogen-bond donors (Lipinski definition) is 2. The molecule has 0 aromatic rings. The highest BCUT2D eigenvalue weighted by molar-refractivity contribution is 5.77. The number of carbonyl (C=O) groups is 1. The van der Waals surface area contributed by atoms with Gasteiger partial charge in [-0.15, -0.1) is 0 Å². The van der Waals surface area contributed by atoms with Crippen LogP contribution in [-0.4, -0.2) is 19.1 Å². The van der Waals surface area contributed by atoms with Gasteiger partial charge in [-0.3, -0.25) is 9.63 Å². The van der Waals surface area contributed by atoms with Gasteiger partial charge in [0, 0.05) is 6.54 Å². The average molecular weight is 238 g/mol. The molecule has 4 nitrogen and oxygen atoms in total. The maximum atomic E-state index is 11.4. The van der Waals surface area contributed by atoms with Gasteiger partial charge in [-0.1, -0.05) is 0 Å². The van der Waals surface area contributed by atoms with Crippen LogP contribution in [0.1, 0.15) is 38.5 Å². The second-order valence-corrected chi connectivity index (χ2v) is 6.51. The maximum absolute atomic E-state index is 11.4. The zero-order chi connectivity index (χ0) is 11.9. The van der Waals surface area contributed by atoms with E-state index in [0.717, 1.165) is 24.3 Å². The van der Waals surface area contributed by atoms with Crippen molar-refractivity contribution < 1.29 is 9.63 Å². The Labute approximate surface area is 102 Å². The first-order valence-electron chi connectivity index (χ1n) is 6.77. The normalized spacial score (nSPS) is 42.8. The second-order valence-electron chi connectivity index (χ2n) is 6.51. The van der Waals surface area contributed by atoms with Gasteiger partial charge >= 0.3 is 0 Å². The van der Waals surface area contributed by atoms with Crippen molar-refractivity contribution >= 4 is 5.91 Å². The van der Waals surface area contributed by atoms with Crippen molar-refractivity contribution in [2.45, 2.75) is 38.5 Å². The summed E-state index contributed by atoms with van der Waals surface area (Å²) in [6.45, 7) is 0.811. The Hall–Kier alpha value is -0.610. The van der Waals surface area contributed by atoms with Gasteiger partial charge < -0.3 is 5.32 Å². The summed E-state index contributed by atoms with van der Waals surface area (Å²) in [6, 6.07) is 0. The lowest BCUT2D eigenvalue weighted by molar-refractivity contribution is -0.127. The minimum Gasteiger partial charge on any atom is -0.353 e. The first kappa shape index (κ1) is 11.5. The number of hydrogen-bond acceptors (Lipinski definition) is 3. The van der Waals surface area contributed by atoms with E-state index >= 15 is 0 Å². The fourth-order valence-electron chi connectivity index (χ4n) is 4.92. The minimum absolute atomic E-state index is 0.0215. The molecule has 1 amide bonds. The van der Waals surface area contributed by atoms with Gasteiger partial charge in [0.05, 0.1) is 0 Å². The quantitative estimate of drug-likeness (QED) is 0.724. The minimum atomic E-state index is -0.0803. The lowest BCUT2D eigenvalue weighted by Crippen LogP contribution is -2.51. The smallest absolute Gasteiger partial charge is 0.248 e. The van der Waals surface area contributed by atoms with E-state index in [0.29, 0.717) is 5.41 Å². The van der Waals surface area contributed by atoms with Gasteiger partial charge in [-0.05, 0) is 61.7 Å². The van der Waals surface area contributed by atoms with Crippen LogP contribution in [0.4, 0.5) is 0 Å². The predicted octanol–water partition coefficient (Wildman–Crippen LogP) is 1.21. The van der Waals surface area contributed by atoms with E-state index in [1.807, 2.05) is 0 Å². The molecule has 0 aromatic carbocycles. The van der Waals surface area contributed by atoms with Crippen molar-refractivity contribution in [2.75, 3.05) is 13.2 Å². The Morgan fingerprint density at radius 3 is 2.18 bits per heavy atom. The van der Waals surface area contributed by atoms with Gasteiger partial charge in [0.25, 0.3) is 0 Å². The van der Waals surface area contributed by atoms with Crippen molar-refractivity contribution in [2.24, 2.45) is 29.1 Å². The third kappa shape index (κ3) is 2.20. The first-order chi connectivity index (χ1) is 8.19. The summed E-state index contributed by atoms with van der Waals surface area (Å²) in [4.78, 5) is 15.8. The standard InChI is InChI=1S/C13H22N2O2/c14-17-7-12(16)15-8-13-4-9-1-10(5-13)3-11(2-9)6-13/h9-11H,1-8,14H2,(H,15,16). The molecule has 0 saturated heterocycles. The molecule has 0 radical (unpaired) electrons. The molecule has 4 heteroatoms. The molecule has 0 spiro atoms. The van der Waals surface area contributed by atoms with Crippen LogP contribution in [0.5, 0.6) is 0 Å². The van der Waals surface area contributed by atoms with E-state index in [4.69, 9.17) is 5.90 Å². The van der Waals surface area contributed by atoms with E-state index in [-0.39, 0.29) is 12.5 Å². The van der Waals surface area contributed by atoms with E-state index in [1.54, 1.807) is 0 Å². The predicted molar refractivity (Wildman–Crippen MR) is 63.8 cm³/mol. The van der Waals surface area contributed by atoms with Crippen molar-refractivity contribution in [3.63, 3.8) is 0 Å². The third-order valence-corrected chi connectivity index (χ3v) is 5.04. The van der Waals surface area contributed by atoms with Crippen LogP contribution >= 0.6 is 0 Å². The van der Waals surface area contributed by atoms with Crippen LogP contribution in [0.3, 0.4) is 0 Å². The van der Waals surface area contributed by atoms with E-state index in [9.17, 15) is 4.79 Å². The number of nitrogens with two attached hydrogens (primary N) is 1. The van der Waals surface area contributed by atoms with E-state index in [1.165, 1.54) is 38.5 Å². The monoisotopic (exact) mass is 238 g/mol. The maximum Gasteiger partial charge on any atom is 0.248 e. The van der Waals surface area contributed by atoms with Crippen LogP contribution in [0.15, 0.2) is 0 Å². The van der Waals surface area contributed by atoms with E-state index < -0.39 is 0 Å². The van der Waals surface area contributed by atoms with Crippen molar-refractivity contribution in [1.82, 2.24) is 5.32 Å². The third-order valence-electron chi connectivity index (χ3n) is 5.04. The van der Waals surface area contributed by atoms with Crippen LogP contribution in [0.25, 0.3) is 0 Å². The number of rotatable bonds is 4. The van der Waals surface area contributed by atoms with Gasteiger partial charge in [0.2, 0.25) is 5.91 Å². The SMILES string of the molecule is NOCC(=O)NCC12CC3CC(CC(C3)C1)C2. The van der Waals surface area contributed by atoms with Gasteiger partial charge in [0.15, 0.2) is 0 Å². The molecule has 4 aliphatic rings. The number of amides is 1. The van der Waals surface area contributed by atoms with Gasteiger partial charge in [-0.25, -0.2) is 5.90 Å². The molecule has 0 heterocycles. The highest BCUT2D eigenvalue weighted by atomic mass is 16.6. The molecule has 17 heavy (non-hydrogen) atoms. The average Bonchev–Trinajstić information content (AvgIpc) is 2.25. The highest BCUT2D eigenvalue weighted by Gasteiger charge is 2.50. The Morgan fingerprint density at radius 2 is 1.71 bits per heavy atom. The molecule has 4 bridgehead atoms. The molecule has 0 atom stereocenters. The summed E-state index contributed by atoms with van der Waals surface area (Å²) in [5.74, 6) is 7.63. The van der Waals surface area contributed by atoms with E-state index in [2.05, 4.69) is 10.2 Å². The zero-order valence-corrected chi connectivity index (χ0v) is 10.3. The summed E-state index contributed by atoms with van der Waals surface area (Å²) in [7, 11) is 0. The summed E-state index contributed by atoms with van der Waals surface area (Å²) in [5.41, 5.74) is 0.402. The molecule has 4 aliphatic carbocycles. The molecular weight excluding hydrogens is 216 g/mol. The molecule has 4 fully saturated rings. The van der Waals surface area contributed by atoms with Crippen molar-refractivity contribution in [1.29, 1.82) is 0 Å². The lowest BCUT2D eigenvalue weighted by Gasteiger charge is -2.56. The van der Waals surface area contributed by atoms with Crippen LogP contribution in [0, 0.1) is 23.2 Å². The summed E-state index contributed by atoms with van der Waals surface area (Å²) in [5, 5.41) is 3.00. The first-order valence-corrected chi connectivity index (χ1v) is 6.77. The molecule has 96 valence electrons. The summed E-state index contributed by atoms with van der Waals surface area (Å²) >= 11 is 0. The Balaban J connectivity index is 1.60. The molecular formula is C13H22N2O2. The molecule has 4 saturated carbocycles.